The van der Waals surface area contributed by atoms with Gasteiger partial charge in [-0.3, -0.25) is 4.57 Å². The molecule has 190 valence electrons. The van der Waals surface area contributed by atoms with Crippen molar-refractivity contribution >= 4 is 28.0 Å². The number of hydrogen-bond acceptors (Lipinski definition) is 2. The van der Waals surface area contributed by atoms with E-state index in [9.17, 15) is 0 Å². The van der Waals surface area contributed by atoms with E-state index >= 15 is 0 Å². The van der Waals surface area contributed by atoms with Crippen molar-refractivity contribution in [2.24, 2.45) is 0 Å². The van der Waals surface area contributed by atoms with Crippen LogP contribution in [0.1, 0.15) is 0 Å². The molecule has 0 N–H and O–H groups in total. The highest BCUT2D eigenvalue weighted by Gasteiger charge is 2.19. The molecule has 0 saturated carbocycles. The van der Waals surface area contributed by atoms with Crippen LogP contribution in [-0.2, 0) is 0 Å². The maximum Gasteiger partial charge on any atom is 0.138 e. The topological polar surface area (TPSA) is 21.1 Å². The van der Waals surface area contributed by atoms with Crippen molar-refractivity contribution in [2.75, 3.05) is 4.90 Å². The van der Waals surface area contributed by atoms with E-state index in [-0.39, 0.29) is 0 Å². The molecule has 3 heteroatoms. The van der Waals surface area contributed by atoms with Gasteiger partial charge in [-0.25, -0.2) is 4.98 Å². The highest BCUT2D eigenvalue weighted by Crippen LogP contribution is 2.40. The fourth-order valence-corrected chi connectivity index (χ4v) is 5.32. The highest BCUT2D eigenvalue weighted by molar-refractivity contribution is 5.98. The fourth-order valence-electron chi connectivity index (χ4n) is 5.32. The first-order valence-electron chi connectivity index (χ1n) is 13.5. The molecule has 0 bridgehead atoms. The first-order valence-corrected chi connectivity index (χ1v) is 13.5. The van der Waals surface area contributed by atoms with Gasteiger partial charge in [-0.15, -0.1) is 0 Å². The summed E-state index contributed by atoms with van der Waals surface area (Å²) < 4.78 is 2.22. The molecule has 3 nitrogen and oxygen atoms in total. The van der Waals surface area contributed by atoms with Crippen LogP contribution < -0.4 is 4.90 Å². The number of pyridine rings is 1. The number of hydrogen-bond donors (Lipinski definition) is 0. The Bertz CT molecular complexity index is 1780. The summed E-state index contributed by atoms with van der Waals surface area (Å²) in [6.45, 7) is 0. The Morgan fingerprint density at radius 3 is 1.68 bits per heavy atom. The van der Waals surface area contributed by atoms with Crippen molar-refractivity contribution in [3.63, 3.8) is 0 Å². The van der Waals surface area contributed by atoms with Crippen molar-refractivity contribution in [2.45, 2.75) is 0 Å². The molecule has 2 aromatic heterocycles. The summed E-state index contributed by atoms with van der Waals surface area (Å²) in [5.74, 6) is 0.878. The van der Waals surface area contributed by atoms with Gasteiger partial charge in [-0.05, 0) is 59.7 Å². The third kappa shape index (κ3) is 4.44. The summed E-state index contributed by atoms with van der Waals surface area (Å²) in [5.41, 5.74) is 8.73. The van der Waals surface area contributed by atoms with Crippen LogP contribution in [0.4, 0.5) is 17.1 Å². The van der Waals surface area contributed by atoms with Crippen LogP contribution >= 0.6 is 0 Å². The van der Waals surface area contributed by atoms with Crippen LogP contribution in [0, 0.1) is 0 Å². The van der Waals surface area contributed by atoms with E-state index in [0.717, 1.165) is 56.2 Å². The molecule has 0 amide bonds. The molecular weight excluding hydrogens is 486 g/mol. The molecular formula is C37H27N3. The normalized spacial score (nSPS) is 11.0. The van der Waals surface area contributed by atoms with Gasteiger partial charge in [0.05, 0.1) is 16.9 Å². The van der Waals surface area contributed by atoms with Gasteiger partial charge in [-0.2, -0.15) is 0 Å². The van der Waals surface area contributed by atoms with Crippen LogP contribution in [0.3, 0.4) is 0 Å². The van der Waals surface area contributed by atoms with E-state index in [1.54, 1.807) is 0 Å². The largest absolute Gasteiger partial charge is 0.308 e. The Balaban J connectivity index is 1.48. The van der Waals surface area contributed by atoms with E-state index in [0.29, 0.717) is 0 Å². The predicted molar refractivity (Wildman–Crippen MR) is 167 cm³/mol. The zero-order valence-electron chi connectivity index (χ0n) is 21.9. The number of nitrogens with zero attached hydrogens (tertiary/aromatic N) is 3. The second-order valence-corrected chi connectivity index (χ2v) is 9.74. The van der Waals surface area contributed by atoms with Crippen LogP contribution in [0.2, 0.25) is 0 Å². The van der Waals surface area contributed by atoms with E-state index in [1.807, 2.05) is 6.07 Å². The van der Waals surface area contributed by atoms with Gasteiger partial charge in [0.25, 0.3) is 0 Å². The lowest BCUT2D eigenvalue weighted by atomic mass is 10.0. The number of benzene rings is 5. The summed E-state index contributed by atoms with van der Waals surface area (Å²) >= 11 is 0. The molecule has 40 heavy (non-hydrogen) atoms. The quantitative estimate of drug-likeness (QED) is 0.221. The Morgan fingerprint density at radius 2 is 1.05 bits per heavy atom. The second kappa shape index (κ2) is 10.4. The molecule has 7 aromatic rings. The van der Waals surface area contributed by atoms with Gasteiger partial charge in [0.1, 0.15) is 5.82 Å². The first-order chi connectivity index (χ1) is 19.8. The monoisotopic (exact) mass is 513 g/mol. The molecule has 5 aromatic carbocycles. The molecule has 0 fully saturated rings. The molecule has 0 aliphatic carbocycles. The molecule has 0 saturated heterocycles. The highest BCUT2D eigenvalue weighted by atomic mass is 15.2. The van der Waals surface area contributed by atoms with Crippen LogP contribution in [-0.4, -0.2) is 9.55 Å². The Morgan fingerprint density at radius 1 is 0.475 bits per heavy atom. The summed E-state index contributed by atoms with van der Waals surface area (Å²) in [6, 6.07) is 55.0. The minimum Gasteiger partial charge on any atom is -0.308 e. The maximum atomic E-state index is 5.21. The van der Waals surface area contributed by atoms with E-state index in [1.165, 1.54) is 0 Å². The van der Waals surface area contributed by atoms with Crippen molar-refractivity contribution in [3.8, 4) is 28.2 Å². The molecule has 0 unspecified atom stereocenters. The van der Waals surface area contributed by atoms with Gasteiger partial charge in [0.15, 0.2) is 0 Å². The van der Waals surface area contributed by atoms with Crippen molar-refractivity contribution < 1.29 is 0 Å². The van der Waals surface area contributed by atoms with E-state index in [2.05, 4.69) is 167 Å². The number of fused-ring (bicyclic) bond motifs is 1. The minimum atomic E-state index is 0.878. The maximum absolute atomic E-state index is 5.21. The number of aromatic nitrogens is 2. The van der Waals surface area contributed by atoms with Crippen molar-refractivity contribution in [1.29, 1.82) is 0 Å². The zero-order chi connectivity index (χ0) is 26.7. The SMILES string of the molecule is c1ccc(-c2cc(-c3ccccc3)nc(-n3ccc4cccc(N(c5ccccc5)c5ccccc5)c43)c2)cc1. The lowest BCUT2D eigenvalue weighted by Crippen LogP contribution is -2.11. The number of anilines is 3. The van der Waals surface area contributed by atoms with Crippen molar-refractivity contribution in [1.82, 2.24) is 9.55 Å². The van der Waals surface area contributed by atoms with Gasteiger partial charge in [0, 0.05) is 28.5 Å². The first kappa shape index (κ1) is 23.7. The number of rotatable bonds is 6. The Labute approximate surface area is 234 Å². The van der Waals surface area contributed by atoms with Gasteiger partial charge >= 0.3 is 0 Å². The summed E-state index contributed by atoms with van der Waals surface area (Å²) in [5, 5.41) is 1.16. The van der Waals surface area contributed by atoms with Crippen LogP contribution in [0.5, 0.6) is 0 Å². The summed E-state index contributed by atoms with van der Waals surface area (Å²) in [6.07, 6.45) is 2.13. The summed E-state index contributed by atoms with van der Waals surface area (Å²) in [7, 11) is 0. The molecule has 0 atom stereocenters. The van der Waals surface area contributed by atoms with Gasteiger partial charge in [-0.1, -0.05) is 109 Å². The molecule has 0 spiro atoms. The van der Waals surface area contributed by atoms with Crippen molar-refractivity contribution in [3.05, 3.63) is 164 Å². The van der Waals surface area contributed by atoms with E-state index in [4.69, 9.17) is 4.98 Å². The fraction of sp³-hybridized carbons (Fsp3) is 0. The smallest absolute Gasteiger partial charge is 0.138 e. The standard InChI is InChI=1S/C37H27N3/c1-5-14-28(15-6-1)31-26-34(29-16-7-2-8-17-29)38-36(27-31)39-25-24-30-18-13-23-35(37(30)39)40(32-19-9-3-10-20-32)33-21-11-4-12-22-33/h1-27H. The molecule has 0 radical (unpaired) electrons. The molecule has 0 aliphatic rings. The Kier molecular flexibility index (Phi) is 6.15. The van der Waals surface area contributed by atoms with Gasteiger partial charge < -0.3 is 4.90 Å². The zero-order valence-corrected chi connectivity index (χ0v) is 21.9. The van der Waals surface area contributed by atoms with Crippen LogP contribution in [0.15, 0.2) is 164 Å². The van der Waals surface area contributed by atoms with E-state index < -0.39 is 0 Å². The lowest BCUT2D eigenvalue weighted by Gasteiger charge is -2.27. The predicted octanol–water partition coefficient (Wildman–Crippen LogP) is 9.83. The average molecular weight is 514 g/mol. The second-order valence-electron chi connectivity index (χ2n) is 9.74. The van der Waals surface area contributed by atoms with Crippen LogP contribution in [0.25, 0.3) is 39.1 Å². The minimum absolute atomic E-state index is 0.878. The Hall–Kier alpha value is -5.41. The third-order valence-corrected chi connectivity index (χ3v) is 7.20. The average Bonchev–Trinajstić information content (AvgIpc) is 3.48. The lowest BCUT2D eigenvalue weighted by molar-refractivity contribution is 1.04. The molecule has 0 aliphatic heterocycles. The molecule has 7 rings (SSSR count). The third-order valence-electron chi connectivity index (χ3n) is 7.20. The number of para-hydroxylation sites is 3. The molecule has 2 heterocycles. The summed E-state index contributed by atoms with van der Waals surface area (Å²) in [4.78, 5) is 7.53. The van der Waals surface area contributed by atoms with Gasteiger partial charge in [0.2, 0.25) is 0 Å².